The summed E-state index contributed by atoms with van der Waals surface area (Å²) in [7, 11) is -3.45. The number of sulfone groups is 1. The number of fused-ring (bicyclic) bond motifs is 1. The molecule has 3 aromatic carbocycles. The minimum Gasteiger partial charge on any atom is -0.382 e. The van der Waals surface area contributed by atoms with E-state index in [9.17, 15) is 18.0 Å². The maximum atomic E-state index is 13.7. The van der Waals surface area contributed by atoms with Crippen LogP contribution in [0, 0.1) is 5.92 Å². The zero-order valence-electron chi connectivity index (χ0n) is 23.2. The summed E-state index contributed by atoms with van der Waals surface area (Å²) < 4.78 is 27.2. The van der Waals surface area contributed by atoms with Gasteiger partial charge in [0.15, 0.2) is 21.3 Å². The van der Waals surface area contributed by atoms with Crippen molar-refractivity contribution in [1.82, 2.24) is 19.9 Å². The molecular formula is C32H28ClN5O4S. The van der Waals surface area contributed by atoms with Crippen LogP contribution in [0.25, 0.3) is 27.7 Å². The number of carbonyl (C=O) groups excluding carboxylic acids is 1. The molecule has 218 valence electrons. The summed E-state index contributed by atoms with van der Waals surface area (Å²) in [6.45, 7) is 1.75. The lowest BCUT2D eigenvalue weighted by atomic mass is 10.1. The van der Waals surface area contributed by atoms with Gasteiger partial charge < -0.3 is 11.1 Å². The number of anilines is 1. The van der Waals surface area contributed by atoms with Gasteiger partial charge in [-0.2, -0.15) is 0 Å². The van der Waals surface area contributed by atoms with Crippen molar-refractivity contribution < 1.29 is 13.2 Å². The molecule has 0 saturated heterocycles. The Balaban J connectivity index is 1.34. The number of benzene rings is 3. The first-order valence-corrected chi connectivity index (χ1v) is 15.8. The molecule has 5 aromatic rings. The monoisotopic (exact) mass is 613 g/mol. The average molecular weight is 614 g/mol. The van der Waals surface area contributed by atoms with Crippen LogP contribution in [0.5, 0.6) is 0 Å². The number of rotatable bonds is 8. The molecule has 2 aromatic heterocycles. The Morgan fingerprint density at radius 1 is 1.07 bits per heavy atom. The number of nitrogens with zero attached hydrogens (tertiary/aromatic N) is 3. The maximum Gasteiger partial charge on any atom is 0.274 e. The number of para-hydroxylation sites is 1. The molecule has 1 aliphatic rings. The lowest BCUT2D eigenvalue weighted by Crippen LogP contribution is -2.33. The third kappa shape index (κ3) is 5.76. The van der Waals surface area contributed by atoms with Crippen LogP contribution in [0.3, 0.4) is 0 Å². The minimum absolute atomic E-state index is 0.0864. The lowest BCUT2D eigenvalue weighted by molar-refractivity contribution is 0.0934. The predicted octanol–water partition coefficient (Wildman–Crippen LogP) is 5.36. The van der Waals surface area contributed by atoms with Crippen LogP contribution < -0.4 is 16.6 Å². The van der Waals surface area contributed by atoms with Crippen molar-refractivity contribution >= 4 is 43.9 Å². The number of nitrogens with two attached hydrogens (primary N) is 1. The highest BCUT2D eigenvalue weighted by Gasteiger charge is 2.29. The van der Waals surface area contributed by atoms with Crippen LogP contribution >= 0.6 is 11.6 Å². The van der Waals surface area contributed by atoms with Crippen LogP contribution in [0.4, 0.5) is 5.82 Å². The number of aromatic nitrogens is 3. The molecule has 0 unspecified atom stereocenters. The number of hydrogen-bond acceptors (Lipinski definition) is 7. The zero-order valence-corrected chi connectivity index (χ0v) is 24.8. The third-order valence-electron chi connectivity index (χ3n) is 7.49. The second-order valence-electron chi connectivity index (χ2n) is 10.7. The summed E-state index contributed by atoms with van der Waals surface area (Å²) in [6, 6.07) is 21.9. The summed E-state index contributed by atoms with van der Waals surface area (Å²) in [5.41, 5.74) is 7.58. The van der Waals surface area contributed by atoms with E-state index in [4.69, 9.17) is 17.3 Å². The van der Waals surface area contributed by atoms with Gasteiger partial charge in [-0.3, -0.25) is 14.2 Å². The predicted molar refractivity (Wildman–Crippen MR) is 167 cm³/mol. The van der Waals surface area contributed by atoms with Crippen LogP contribution in [0.1, 0.15) is 42.0 Å². The molecule has 2 heterocycles. The van der Waals surface area contributed by atoms with Crippen molar-refractivity contribution in [3.05, 3.63) is 112 Å². The summed E-state index contributed by atoms with van der Waals surface area (Å²) >= 11 is 6.41. The number of carbonyl (C=O) groups is 1. The van der Waals surface area contributed by atoms with E-state index in [0.717, 1.165) is 12.8 Å². The molecule has 3 N–H and O–H groups in total. The average Bonchev–Trinajstić information content (AvgIpc) is 3.81. The Morgan fingerprint density at radius 2 is 1.81 bits per heavy atom. The standard InChI is InChI=1S/C32H28ClN5O4S/c1-19(27-16-22-8-6-12-25(33)28(22)32(40)38(27)23-9-3-2-4-10-23)36-31(39)29-30(34)35-17-26(37-29)21-7-5-11-24(15-21)43(41,42)18-20-13-14-20/h2-12,15-17,19-20H,13-14,18H2,1H3,(H2,34,35)(H,36,39)/t19-/m0/s1. The molecule has 0 bridgehead atoms. The summed E-state index contributed by atoms with van der Waals surface area (Å²) in [6.07, 6.45) is 3.25. The van der Waals surface area contributed by atoms with Crippen molar-refractivity contribution in [2.24, 2.45) is 5.92 Å². The molecule has 1 fully saturated rings. The molecule has 1 amide bonds. The summed E-state index contributed by atoms with van der Waals surface area (Å²) in [5, 5.41) is 4.25. The highest BCUT2D eigenvalue weighted by atomic mass is 35.5. The Morgan fingerprint density at radius 3 is 2.56 bits per heavy atom. The zero-order chi connectivity index (χ0) is 30.3. The number of amides is 1. The lowest BCUT2D eigenvalue weighted by Gasteiger charge is -2.21. The van der Waals surface area contributed by atoms with Gasteiger partial charge in [-0.25, -0.2) is 18.4 Å². The van der Waals surface area contributed by atoms with E-state index in [0.29, 0.717) is 38.4 Å². The van der Waals surface area contributed by atoms with E-state index in [1.54, 1.807) is 61.5 Å². The molecule has 1 aliphatic carbocycles. The van der Waals surface area contributed by atoms with E-state index in [1.165, 1.54) is 10.8 Å². The molecule has 11 heteroatoms. The number of nitrogens with one attached hydrogen (secondary N) is 1. The molecule has 0 spiro atoms. The van der Waals surface area contributed by atoms with Gasteiger partial charge in [-0.05, 0) is 67.5 Å². The van der Waals surface area contributed by atoms with Crippen molar-refractivity contribution in [3.63, 3.8) is 0 Å². The molecule has 1 atom stereocenters. The van der Waals surface area contributed by atoms with E-state index < -0.39 is 21.8 Å². The van der Waals surface area contributed by atoms with Gasteiger partial charge in [-0.15, -0.1) is 0 Å². The van der Waals surface area contributed by atoms with Crippen molar-refractivity contribution in [2.45, 2.75) is 30.7 Å². The van der Waals surface area contributed by atoms with E-state index in [1.807, 2.05) is 24.3 Å². The van der Waals surface area contributed by atoms with E-state index in [2.05, 4.69) is 15.3 Å². The SMILES string of the molecule is C[C@H](NC(=O)c1nc(-c2cccc(S(=O)(=O)CC3CC3)c2)cnc1N)c1cc2cccc(Cl)c2c(=O)n1-c1ccccc1. The first-order chi connectivity index (χ1) is 20.6. The molecule has 9 nitrogen and oxygen atoms in total. The first kappa shape index (κ1) is 28.6. The Kier molecular flexibility index (Phi) is 7.49. The fourth-order valence-corrected chi connectivity index (χ4v) is 7.09. The Labute approximate surface area is 253 Å². The van der Waals surface area contributed by atoms with Gasteiger partial charge in [-0.1, -0.05) is 54.1 Å². The molecule has 6 rings (SSSR count). The fourth-order valence-electron chi connectivity index (χ4n) is 5.09. The summed E-state index contributed by atoms with van der Waals surface area (Å²) in [5.74, 6) is -0.364. The second kappa shape index (κ2) is 11.3. The number of hydrogen-bond donors (Lipinski definition) is 2. The number of pyridine rings is 1. The van der Waals surface area contributed by atoms with Crippen molar-refractivity contribution in [3.8, 4) is 16.9 Å². The molecule has 0 radical (unpaired) electrons. The maximum absolute atomic E-state index is 13.7. The highest BCUT2D eigenvalue weighted by Crippen LogP contribution is 2.33. The van der Waals surface area contributed by atoms with Gasteiger partial charge in [0.25, 0.3) is 11.5 Å². The largest absolute Gasteiger partial charge is 0.382 e. The van der Waals surface area contributed by atoms with Crippen LogP contribution in [-0.4, -0.2) is 34.6 Å². The molecule has 43 heavy (non-hydrogen) atoms. The van der Waals surface area contributed by atoms with Gasteiger partial charge in [0, 0.05) is 16.9 Å². The molecule has 0 aliphatic heterocycles. The normalized spacial score (nSPS) is 14.0. The van der Waals surface area contributed by atoms with Crippen LogP contribution in [0.2, 0.25) is 5.02 Å². The van der Waals surface area contributed by atoms with Crippen LogP contribution in [-0.2, 0) is 9.84 Å². The number of nitrogen functional groups attached to an aromatic ring is 1. The van der Waals surface area contributed by atoms with Gasteiger partial charge in [0.2, 0.25) is 0 Å². The molecular weight excluding hydrogens is 586 g/mol. The van der Waals surface area contributed by atoms with Gasteiger partial charge in [0.1, 0.15) is 0 Å². The summed E-state index contributed by atoms with van der Waals surface area (Å²) in [4.78, 5) is 36.1. The van der Waals surface area contributed by atoms with Gasteiger partial charge >= 0.3 is 0 Å². The Hall–Kier alpha value is -4.54. The highest BCUT2D eigenvalue weighted by molar-refractivity contribution is 7.91. The van der Waals surface area contributed by atoms with Gasteiger partial charge in [0.05, 0.1) is 39.0 Å². The molecule has 1 saturated carbocycles. The number of halogens is 1. The van der Waals surface area contributed by atoms with Crippen LogP contribution in [0.15, 0.2) is 94.7 Å². The quantitative estimate of drug-likeness (QED) is 0.240. The smallest absolute Gasteiger partial charge is 0.274 e. The Bertz CT molecular complexity index is 2040. The fraction of sp³-hybridized carbons (Fsp3) is 0.188. The minimum atomic E-state index is -3.45. The van der Waals surface area contributed by atoms with E-state index >= 15 is 0 Å². The second-order valence-corrected chi connectivity index (χ2v) is 13.1. The first-order valence-electron chi connectivity index (χ1n) is 13.8. The third-order valence-corrected chi connectivity index (χ3v) is 9.68. The topological polar surface area (TPSA) is 137 Å². The van der Waals surface area contributed by atoms with Crippen molar-refractivity contribution in [1.29, 1.82) is 0 Å². The van der Waals surface area contributed by atoms with E-state index in [-0.39, 0.29) is 33.6 Å². The van der Waals surface area contributed by atoms with Crippen molar-refractivity contribution in [2.75, 3.05) is 11.5 Å².